The molecule has 6 heteroatoms. The summed E-state index contributed by atoms with van der Waals surface area (Å²) in [5.41, 5.74) is 1.93. The van der Waals surface area contributed by atoms with Gasteiger partial charge in [0.1, 0.15) is 11.6 Å². The van der Waals surface area contributed by atoms with Crippen molar-refractivity contribution in [2.45, 2.75) is 12.8 Å². The Morgan fingerprint density at radius 3 is 2.85 bits per heavy atom. The first kappa shape index (κ1) is 17.7. The Hall–Kier alpha value is -3.15. The molecule has 3 rings (SSSR count). The summed E-state index contributed by atoms with van der Waals surface area (Å²) in [5, 5.41) is 6.70. The van der Waals surface area contributed by atoms with E-state index in [4.69, 9.17) is 9.26 Å². The molecule has 0 aliphatic rings. The molecule has 0 spiro atoms. The number of hydrogen-bond acceptors (Lipinski definition) is 4. The summed E-state index contributed by atoms with van der Waals surface area (Å²) in [5.74, 6) is 0.831. The molecule has 0 aliphatic heterocycles. The number of methoxy groups -OCH3 is 1. The molecule has 26 heavy (non-hydrogen) atoms. The number of ether oxygens (including phenoxy) is 1. The Labute approximate surface area is 150 Å². The maximum absolute atomic E-state index is 13.5. The standard InChI is InChI=1S/C20H19FN2O3/c1-25-17-7-4-6-15(11-17)19-12-16(23-26-19)13-20(24)22-10-9-14-5-2-3-8-18(14)21/h2-8,11-12H,9-10,13H2,1H3,(H,22,24). The fourth-order valence-corrected chi connectivity index (χ4v) is 2.57. The second kappa shape index (κ2) is 8.29. The number of amides is 1. The van der Waals surface area contributed by atoms with Crippen LogP contribution in [0.2, 0.25) is 0 Å². The van der Waals surface area contributed by atoms with Crippen LogP contribution in [0, 0.1) is 5.82 Å². The Bertz CT molecular complexity index is 892. The van der Waals surface area contributed by atoms with Gasteiger partial charge in [-0.15, -0.1) is 0 Å². The molecule has 3 aromatic rings. The zero-order chi connectivity index (χ0) is 18.4. The number of nitrogens with one attached hydrogen (secondary N) is 1. The van der Waals surface area contributed by atoms with Crippen LogP contribution in [0.3, 0.4) is 0 Å². The Balaban J connectivity index is 1.53. The summed E-state index contributed by atoms with van der Waals surface area (Å²) in [7, 11) is 1.59. The van der Waals surface area contributed by atoms with Gasteiger partial charge in [-0.1, -0.05) is 35.5 Å². The molecule has 0 saturated heterocycles. The number of carbonyl (C=O) groups is 1. The molecule has 2 aromatic carbocycles. The SMILES string of the molecule is COc1cccc(-c2cc(CC(=O)NCCc3ccccc3F)no2)c1. The third-order valence-corrected chi connectivity index (χ3v) is 3.93. The van der Waals surface area contributed by atoms with Crippen molar-refractivity contribution in [2.75, 3.05) is 13.7 Å². The van der Waals surface area contributed by atoms with Crippen LogP contribution in [-0.4, -0.2) is 24.7 Å². The normalized spacial score (nSPS) is 10.5. The van der Waals surface area contributed by atoms with E-state index in [1.165, 1.54) is 6.07 Å². The van der Waals surface area contributed by atoms with Gasteiger partial charge >= 0.3 is 0 Å². The topological polar surface area (TPSA) is 64.4 Å². The monoisotopic (exact) mass is 354 g/mol. The molecule has 0 saturated carbocycles. The minimum absolute atomic E-state index is 0.102. The predicted molar refractivity (Wildman–Crippen MR) is 95.3 cm³/mol. The molecule has 1 amide bonds. The van der Waals surface area contributed by atoms with E-state index in [0.717, 1.165) is 5.56 Å². The highest BCUT2D eigenvalue weighted by Gasteiger charge is 2.11. The first-order valence-electron chi connectivity index (χ1n) is 8.26. The average molecular weight is 354 g/mol. The highest BCUT2D eigenvalue weighted by molar-refractivity contribution is 5.78. The number of hydrogen-bond donors (Lipinski definition) is 1. The summed E-state index contributed by atoms with van der Waals surface area (Å²) >= 11 is 0. The van der Waals surface area contributed by atoms with Crippen LogP contribution in [0.25, 0.3) is 11.3 Å². The molecular weight excluding hydrogens is 335 g/mol. The lowest BCUT2D eigenvalue weighted by Crippen LogP contribution is -2.27. The minimum atomic E-state index is -0.263. The zero-order valence-electron chi connectivity index (χ0n) is 14.4. The second-order valence-electron chi connectivity index (χ2n) is 5.78. The van der Waals surface area contributed by atoms with E-state index in [2.05, 4.69) is 10.5 Å². The van der Waals surface area contributed by atoms with Crippen molar-refractivity contribution in [1.29, 1.82) is 0 Å². The van der Waals surface area contributed by atoms with E-state index in [0.29, 0.717) is 35.7 Å². The van der Waals surface area contributed by atoms with Crippen molar-refractivity contribution >= 4 is 5.91 Å². The maximum Gasteiger partial charge on any atom is 0.226 e. The maximum atomic E-state index is 13.5. The third kappa shape index (κ3) is 4.47. The van der Waals surface area contributed by atoms with E-state index < -0.39 is 0 Å². The molecule has 0 atom stereocenters. The van der Waals surface area contributed by atoms with Crippen LogP contribution in [0.5, 0.6) is 5.75 Å². The number of nitrogens with zero attached hydrogens (tertiary/aromatic N) is 1. The molecule has 1 aromatic heterocycles. The Morgan fingerprint density at radius 1 is 1.19 bits per heavy atom. The molecule has 134 valence electrons. The molecule has 5 nitrogen and oxygen atoms in total. The van der Waals surface area contributed by atoms with Crippen LogP contribution in [0.1, 0.15) is 11.3 Å². The van der Waals surface area contributed by atoms with E-state index in [1.54, 1.807) is 31.4 Å². The number of halogens is 1. The number of benzene rings is 2. The van der Waals surface area contributed by atoms with E-state index >= 15 is 0 Å². The lowest BCUT2D eigenvalue weighted by Gasteiger charge is -2.05. The molecule has 0 fully saturated rings. The predicted octanol–water partition coefficient (Wildman–Crippen LogP) is 3.39. The van der Waals surface area contributed by atoms with E-state index in [-0.39, 0.29) is 18.1 Å². The fourth-order valence-electron chi connectivity index (χ4n) is 2.57. The summed E-state index contributed by atoms with van der Waals surface area (Å²) in [6, 6.07) is 15.7. The lowest BCUT2D eigenvalue weighted by molar-refractivity contribution is -0.120. The van der Waals surface area contributed by atoms with Gasteiger partial charge in [-0.2, -0.15) is 0 Å². The lowest BCUT2D eigenvalue weighted by atomic mass is 10.1. The van der Waals surface area contributed by atoms with Crippen LogP contribution < -0.4 is 10.1 Å². The van der Waals surface area contributed by atoms with E-state index in [9.17, 15) is 9.18 Å². The smallest absolute Gasteiger partial charge is 0.226 e. The van der Waals surface area contributed by atoms with Crippen molar-refractivity contribution in [3.8, 4) is 17.1 Å². The summed E-state index contributed by atoms with van der Waals surface area (Å²) in [4.78, 5) is 12.0. The van der Waals surface area contributed by atoms with Crippen LogP contribution >= 0.6 is 0 Å². The second-order valence-corrected chi connectivity index (χ2v) is 5.78. The Morgan fingerprint density at radius 2 is 2.04 bits per heavy atom. The van der Waals surface area contributed by atoms with Crippen LogP contribution in [0.4, 0.5) is 4.39 Å². The van der Waals surface area contributed by atoms with Gasteiger partial charge in [-0.25, -0.2) is 4.39 Å². The van der Waals surface area contributed by atoms with Gasteiger partial charge in [0.25, 0.3) is 0 Å². The van der Waals surface area contributed by atoms with Gasteiger partial charge in [0, 0.05) is 18.2 Å². The molecule has 1 N–H and O–H groups in total. The molecule has 0 aliphatic carbocycles. The van der Waals surface area contributed by atoms with Crippen molar-refractivity contribution < 1.29 is 18.4 Å². The first-order chi connectivity index (χ1) is 12.7. The number of rotatable bonds is 7. The van der Waals surface area contributed by atoms with Gasteiger partial charge in [0.05, 0.1) is 19.2 Å². The van der Waals surface area contributed by atoms with Crippen molar-refractivity contribution in [3.05, 3.63) is 71.7 Å². The van der Waals surface area contributed by atoms with Gasteiger partial charge in [-0.05, 0) is 30.2 Å². The van der Waals surface area contributed by atoms with Gasteiger partial charge in [0.15, 0.2) is 5.76 Å². The van der Waals surface area contributed by atoms with Crippen molar-refractivity contribution in [3.63, 3.8) is 0 Å². The summed E-state index contributed by atoms with van der Waals surface area (Å²) < 4.78 is 24.0. The molecule has 1 heterocycles. The molecular formula is C20H19FN2O3. The van der Waals surface area contributed by atoms with Gasteiger partial charge in [-0.3, -0.25) is 4.79 Å². The van der Waals surface area contributed by atoms with Crippen LogP contribution in [-0.2, 0) is 17.6 Å². The fraction of sp³-hybridized carbons (Fsp3) is 0.200. The quantitative estimate of drug-likeness (QED) is 0.706. The largest absolute Gasteiger partial charge is 0.497 e. The highest BCUT2D eigenvalue weighted by Crippen LogP contribution is 2.24. The number of aromatic nitrogens is 1. The van der Waals surface area contributed by atoms with Crippen molar-refractivity contribution in [2.24, 2.45) is 0 Å². The van der Waals surface area contributed by atoms with Crippen molar-refractivity contribution in [1.82, 2.24) is 10.5 Å². The molecule has 0 unspecified atom stereocenters. The zero-order valence-corrected chi connectivity index (χ0v) is 14.4. The number of carbonyl (C=O) groups excluding carboxylic acids is 1. The van der Waals surface area contributed by atoms with E-state index in [1.807, 2.05) is 24.3 Å². The van der Waals surface area contributed by atoms with Crippen LogP contribution in [0.15, 0.2) is 59.1 Å². The molecule has 0 bridgehead atoms. The Kier molecular flexibility index (Phi) is 5.63. The third-order valence-electron chi connectivity index (χ3n) is 3.93. The van der Waals surface area contributed by atoms with Gasteiger partial charge in [0.2, 0.25) is 5.91 Å². The molecule has 0 radical (unpaired) electrons. The summed E-state index contributed by atoms with van der Waals surface area (Å²) in [6.07, 6.45) is 0.539. The highest BCUT2D eigenvalue weighted by atomic mass is 19.1. The average Bonchev–Trinajstić information content (AvgIpc) is 3.12. The summed E-state index contributed by atoms with van der Waals surface area (Å²) in [6.45, 7) is 0.361. The van der Waals surface area contributed by atoms with Gasteiger partial charge < -0.3 is 14.6 Å². The minimum Gasteiger partial charge on any atom is -0.497 e. The first-order valence-corrected chi connectivity index (χ1v) is 8.26.